The Labute approximate surface area is 107 Å². The van der Waals surface area contributed by atoms with Gasteiger partial charge >= 0.3 is 0 Å². The van der Waals surface area contributed by atoms with E-state index < -0.39 is 6.04 Å². The van der Waals surface area contributed by atoms with Crippen LogP contribution >= 0.6 is 0 Å². The summed E-state index contributed by atoms with van der Waals surface area (Å²) in [5.74, 6) is -0.283. The minimum absolute atomic E-state index is 0.0350. The molecule has 0 aliphatic carbocycles. The number of fused-ring (bicyclic) bond motifs is 1. The Balaban J connectivity index is 1.83. The van der Waals surface area contributed by atoms with E-state index in [1.807, 2.05) is 0 Å². The first-order valence-electron chi connectivity index (χ1n) is 5.64. The molecule has 0 radical (unpaired) electrons. The molecule has 3 heterocycles. The van der Waals surface area contributed by atoms with Crippen molar-refractivity contribution in [1.29, 1.82) is 0 Å². The Kier molecular flexibility index (Phi) is 2.67. The monoisotopic (exact) mass is 258 g/mol. The number of pyridine rings is 1. The van der Waals surface area contributed by atoms with Crippen molar-refractivity contribution < 1.29 is 9.59 Å². The summed E-state index contributed by atoms with van der Waals surface area (Å²) >= 11 is 0. The molecule has 2 amide bonds. The van der Waals surface area contributed by atoms with Crippen LogP contribution in [0.2, 0.25) is 0 Å². The van der Waals surface area contributed by atoms with Crippen molar-refractivity contribution in [2.45, 2.75) is 12.5 Å². The van der Waals surface area contributed by atoms with Gasteiger partial charge in [-0.2, -0.15) is 10.1 Å². The minimum atomic E-state index is -0.695. The van der Waals surface area contributed by atoms with E-state index >= 15 is 0 Å². The molecule has 0 saturated carbocycles. The van der Waals surface area contributed by atoms with Crippen LogP contribution in [-0.4, -0.2) is 31.6 Å². The van der Waals surface area contributed by atoms with Gasteiger partial charge in [-0.1, -0.05) is 0 Å². The van der Waals surface area contributed by atoms with Crippen LogP contribution in [0.25, 0.3) is 0 Å². The summed E-state index contributed by atoms with van der Waals surface area (Å²) < 4.78 is 1.40. The Morgan fingerprint density at radius 1 is 1.42 bits per heavy atom. The van der Waals surface area contributed by atoms with Crippen LogP contribution in [0.15, 0.2) is 30.9 Å². The van der Waals surface area contributed by atoms with E-state index in [1.165, 1.54) is 11.0 Å². The lowest BCUT2D eigenvalue weighted by molar-refractivity contribution is -0.125. The number of aromatic nitrogens is 4. The van der Waals surface area contributed by atoms with Gasteiger partial charge < -0.3 is 5.32 Å². The molecule has 2 N–H and O–H groups in total. The van der Waals surface area contributed by atoms with Crippen molar-refractivity contribution in [2.24, 2.45) is 0 Å². The zero-order valence-corrected chi connectivity index (χ0v) is 9.78. The highest BCUT2D eigenvalue weighted by molar-refractivity contribution is 6.00. The first kappa shape index (κ1) is 11.3. The molecule has 3 rings (SSSR count). The molecule has 0 fully saturated rings. The van der Waals surface area contributed by atoms with Crippen LogP contribution in [-0.2, 0) is 9.59 Å². The van der Waals surface area contributed by atoms with Crippen molar-refractivity contribution in [2.75, 3.05) is 10.6 Å². The fraction of sp³-hybridized carbons (Fsp3) is 0.182. The molecule has 8 heteroatoms. The summed E-state index contributed by atoms with van der Waals surface area (Å²) in [6, 6.07) is 2.64. The molecule has 2 aromatic rings. The lowest BCUT2D eigenvalue weighted by Crippen LogP contribution is -2.35. The van der Waals surface area contributed by atoms with Gasteiger partial charge in [0, 0.05) is 18.1 Å². The zero-order chi connectivity index (χ0) is 13.2. The highest BCUT2D eigenvalue weighted by atomic mass is 16.2. The van der Waals surface area contributed by atoms with E-state index in [4.69, 9.17) is 0 Å². The predicted molar refractivity (Wildman–Crippen MR) is 65.2 cm³/mol. The minimum Gasteiger partial charge on any atom is -0.324 e. The van der Waals surface area contributed by atoms with Crippen molar-refractivity contribution >= 4 is 23.5 Å². The van der Waals surface area contributed by atoms with Gasteiger partial charge in [-0.3, -0.25) is 19.9 Å². The Bertz CT molecular complexity index is 623. The van der Waals surface area contributed by atoms with Gasteiger partial charge in [-0.15, -0.1) is 0 Å². The molecule has 1 aliphatic rings. The smallest absolute Gasteiger partial charge is 0.249 e. The van der Waals surface area contributed by atoms with Gasteiger partial charge in [-0.25, -0.2) is 4.68 Å². The Hall–Kier alpha value is -2.77. The van der Waals surface area contributed by atoms with Crippen LogP contribution in [0.1, 0.15) is 12.5 Å². The van der Waals surface area contributed by atoms with Gasteiger partial charge in [0.2, 0.25) is 17.8 Å². The maximum Gasteiger partial charge on any atom is 0.249 e. The zero-order valence-electron chi connectivity index (χ0n) is 9.78. The van der Waals surface area contributed by atoms with Crippen LogP contribution in [0.4, 0.5) is 11.6 Å². The molecule has 2 aromatic heterocycles. The molecule has 0 saturated heterocycles. The molecular weight excluding hydrogens is 248 g/mol. The third kappa shape index (κ3) is 2.15. The second-order valence-corrected chi connectivity index (χ2v) is 4.02. The van der Waals surface area contributed by atoms with Gasteiger partial charge in [0.25, 0.3) is 0 Å². The number of hydrogen-bond donors (Lipinski definition) is 2. The average Bonchev–Trinajstić information content (AvgIpc) is 2.86. The third-order valence-electron chi connectivity index (χ3n) is 2.75. The summed E-state index contributed by atoms with van der Waals surface area (Å²) in [6.45, 7) is 0. The van der Waals surface area contributed by atoms with E-state index in [0.29, 0.717) is 5.69 Å². The lowest BCUT2D eigenvalue weighted by atomic mass is 10.1. The first-order chi connectivity index (χ1) is 9.24. The fourth-order valence-electron chi connectivity index (χ4n) is 1.87. The second-order valence-electron chi connectivity index (χ2n) is 4.02. The van der Waals surface area contributed by atoms with E-state index in [9.17, 15) is 9.59 Å². The average molecular weight is 258 g/mol. The van der Waals surface area contributed by atoms with E-state index in [0.717, 1.165) is 0 Å². The molecule has 1 unspecified atom stereocenters. The summed E-state index contributed by atoms with van der Waals surface area (Å²) in [7, 11) is 0. The van der Waals surface area contributed by atoms with Crippen molar-refractivity contribution in [1.82, 2.24) is 19.7 Å². The molecule has 1 aliphatic heterocycles. The second kappa shape index (κ2) is 4.48. The van der Waals surface area contributed by atoms with Crippen molar-refractivity contribution in [3.05, 3.63) is 30.9 Å². The van der Waals surface area contributed by atoms with Gasteiger partial charge in [0.05, 0.1) is 6.42 Å². The molecule has 8 nitrogen and oxygen atoms in total. The number of amides is 2. The SMILES string of the molecule is O=C1CC(C(=O)Nc2ccncc2)n2ncnc2N1. The fourth-order valence-corrected chi connectivity index (χ4v) is 1.87. The number of carbonyl (C=O) groups excluding carboxylic acids is 2. The third-order valence-corrected chi connectivity index (χ3v) is 2.75. The summed E-state index contributed by atoms with van der Waals surface area (Å²) in [4.78, 5) is 31.4. The topological polar surface area (TPSA) is 102 Å². The molecule has 0 spiro atoms. The van der Waals surface area contributed by atoms with Crippen LogP contribution < -0.4 is 10.6 Å². The number of carbonyl (C=O) groups is 2. The molecule has 0 bridgehead atoms. The summed E-state index contributed by atoms with van der Waals surface area (Å²) in [6.07, 6.45) is 4.48. The molecule has 0 aromatic carbocycles. The lowest BCUT2D eigenvalue weighted by Gasteiger charge is -2.22. The van der Waals surface area contributed by atoms with Gasteiger partial charge in [0.1, 0.15) is 12.4 Å². The number of nitrogens with one attached hydrogen (secondary N) is 2. The Morgan fingerprint density at radius 3 is 3.00 bits per heavy atom. The highest BCUT2D eigenvalue weighted by Crippen LogP contribution is 2.22. The predicted octanol–water partition coefficient (Wildman–Crippen LogP) is 0.195. The maximum absolute atomic E-state index is 12.2. The quantitative estimate of drug-likeness (QED) is 0.800. The number of nitrogens with zero attached hydrogens (tertiary/aromatic N) is 4. The van der Waals surface area contributed by atoms with Gasteiger partial charge in [-0.05, 0) is 12.1 Å². The number of anilines is 2. The largest absolute Gasteiger partial charge is 0.324 e. The number of hydrogen-bond acceptors (Lipinski definition) is 5. The summed E-state index contributed by atoms with van der Waals surface area (Å²) in [5.41, 5.74) is 0.618. The number of rotatable bonds is 2. The molecule has 1 atom stereocenters. The first-order valence-corrected chi connectivity index (χ1v) is 5.64. The summed E-state index contributed by atoms with van der Waals surface area (Å²) in [5, 5.41) is 9.22. The molecule has 19 heavy (non-hydrogen) atoms. The Morgan fingerprint density at radius 2 is 2.21 bits per heavy atom. The van der Waals surface area contributed by atoms with Crippen molar-refractivity contribution in [3.63, 3.8) is 0 Å². The normalized spacial score (nSPS) is 17.5. The van der Waals surface area contributed by atoms with Crippen LogP contribution in [0.5, 0.6) is 0 Å². The van der Waals surface area contributed by atoms with Gasteiger partial charge in [0.15, 0.2) is 0 Å². The van der Waals surface area contributed by atoms with E-state index in [-0.39, 0.29) is 24.2 Å². The van der Waals surface area contributed by atoms with Crippen LogP contribution in [0.3, 0.4) is 0 Å². The van der Waals surface area contributed by atoms with Crippen LogP contribution in [0, 0.1) is 0 Å². The van der Waals surface area contributed by atoms with Crippen molar-refractivity contribution in [3.8, 4) is 0 Å². The molecule has 96 valence electrons. The maximum atomic E-state index is 12.2. The standard InChI is InChI=1S/C11H10N6O2/c18-9-5-8(17-11(16-9)13-6-14-17)10(19)15-7-1-3-12-4-2-7/h1-4,6,8H,5H2,(H,12,15,19)(H,13,14,16,18). The van der Waals surface area contributed by atoms with E-state index in [2.05, 4.69) is 25.7 Å². The molecular formula is C11H10N6O2. The van der Waals surface area contributed by atoms with E-state index in [1.54, 1.807) is 24.5 Å². The highest BCUT2D eigenvalue weighted by Gasteiger charge is 2.31.